The second-order valence-electron chi connectivity index (χ2n) is 29.2. The highest BCUT2D eigenvalue weighted by molar-refractivity contribution is 6.31. The van der Waals surface area contributed by atoms with Crippen LogP contribution in [0.4, 0.5) is 13.2 Å². The van der Waals surface area contributed by atoms with E-state index in [0.29, 0.717) is 58.0 Å². The Kier molecular flexibility index (Phi) is 29.8. The number of likely N-dealkylation sites (tertiary alicyclic amines) is 1. The summed E-state index contributed by atoms with van der Waals surface area (Å²) in [4.78, 5) is 188. The molecule has 8 atom stereocenters. The molecule has 6 rings (SSSR count). The molecule has 3 saturated carbocycles. The third-order valence-electron chi connectivity index (χ3n) is 21.3. The van der Waals surface area contributed by atoms with Crippen LogP contribution in [0.1, 0.15) is 187 Å². The van der Waals surface area contributed by atoms with E-state index in [-0.39, 0.29) is 55.9 Å². The summed E-state index contributed by atoms with van der Waals surface area (Å²) in [6, 6.07) is -5.90. The van der Waals surface area contributed by atoms with Gasteiger partial charge in [0, 0.05) is 62.4 Å². The minimum Gasteiger partial charge on any atom is -0.343 e. The highest BCUT2D eigenvalue weighted by atomic mass is 35.5. The normalized spacial score (nSPS) is 26.4. The van der Waals surface area contributed by atoms with Gasteiger partial charge in [0.25, 0.3) is 0 Å². The first kappa shape index (κ1) is 80.9. The molecule has 28 heteroatoms. The predicted octanol–water partition coefficient (Wildman–Crippen LogP) is 5.94. The number of piperidine rings is 1. The molecule has 1 aromatic carbocycles. The average molecular weight is 1420 g/mol. The lowest BCUT2D eigenvalue weighted by Crippen LogP contribution is -2.65. The topological polar surface area (TPSA) is 279 Å². The summed E-state index contributed by atoms with van der Waals surface area (Å²) < 4.78 is 41.4. The molecule has 2 saturated heterocycles. The van der Waals surface area contributed by atoms with Gasteiger partial charge in [-0.3, -0.25) is 57.5 Å². The van der Waals surface area contributed by atoms with Crippen LogP contribution in [0.5, 0.6) is 0 Å². The maximum atomic E-state index is 15.7. The number of carbonyl (C=O) groups is 12. The van der Waals surface area contributed by atoms with Gasteiger partial charge in [-0.1, -0.05) is 116 Å². The molecule has 5 fully saturated rings. The number of aryl methyl sites for hydroxylation is 1. The molecule has 554 valence electrons. The van der Waals surface area contributed by atoms with Crippen molar-refractivity contribution in [1.29, 1.82) is 0 Å². The Morgan fingerprint density at radius 2 is 1.20 bits per heavy atom. The molecular formula is C71H110ClF3N12O12. The number of carbonyl (C=O) groups excluding carboxylic acids is 12. The molecule has 24 nitrogen and oxygen atoms in total. The third kappa shape index (κ3) is 21.5. The lowest BCUT2D eigenvalue weighted by Gasteiger charge is -2.43. The first-order valence-electron chi connectivity index (χ1n) is 35.8. The first-order chi connectivity index (χ1) is 46.6. The summed E-state index contributed by atoms with van der Waals surface area (Å²) in [5, 5.41) is 10.6. The van der Waals surface area contributed by atoms with Gasteiger partial charge in [-0.05, 0) is 119 Å². The smallest absolute Gasteiger partial charge is 0.343 e. The molecule has 0 aromatic heterocycles. The Balaban J connectivity index is 1.42. The summed E-state index contributed by atoms with van der Waals surface area (Å²) >= 11 is 6.11. The van der Waals surface area contributed by atoms with Crippen molar-refractivity contribution in [2.75, 3.05) is 82.1 Å². The third-order valence-corrected chi connectivity index (χ3v) is 21.6. The van der Waals surface area contributed by atoms with Gasteiger partial charge in [0.15, 0.2) is 0 Å². The molecule has 0 radical (unpaired) electrons. The number of alkyl halides is 3. The number of amides is 12. The van der Waals surface area contributed by atoms with Crippen molar-refractivity contribution in [2.45, 2.75) is 236 Å². The Hall–Kier alpha value is -7.06. The van der Waals surface area contributed by atoms with Gasteiger partial charge < -0.3 is 60.5 Å². The molecule has 1 aromatic rings. The van der Waals surface area contributed by atoms with Gasteiger partial charge in [-0.15, -0.1) is 0 Å². The molecule has 1 spiro atoms. The molecular weight excluding hydrogens is 1310 g/mol. The zero-order valence-electron chi connectivity index (χ0n) is 60.4. The predicted molar refractivity (Wildman–Crippen MR) is 366 cm³/mol. The van der Waals surface area contributed by atoms with Crippen LogP contribution < -0.4 is 21.3 Å². The number of nitrogens with zero attached hydrogens (tertiary/aromatic N) is 8. The molecule has 99 heavy (non-hydrogen) atoms. The number of benzene rings is 1. The maximum absolute atomic E-state index is 15.7. The van der Waals surface area contributed by atoms with Crippen LogP contribution in [0.2, 0.25) is 5.02 Å². The monoisotopic (exact) mass is 1410 g/mol. The van der Waals surface area contributed by atoms with Crippen LogP contribution in [0, 0.1) is 23.7 Å². The number of hydrogen-bond donors (Lipinski definition) is 4. The van der Waals surface area contributed by atoms with Crippen LogP contribution in [0.25, 0.3) is 0 Å². The van der Waals surface area contributed by atoms with E-state index in [2.05, 4.69) is 21.3 Å². The van der Waals surface area contributed by atoms with Crippen LogP contribution in [-0.2, 0) is 70.1 Å². The van der Waals surface area contributed by atoms with Crippen molar-refractivity contribution in [2.24, 2.45) is 23.7 Å². The minimum absolute atomic E-state index is 0.0149. The summed E-state index contributed by atoms with van der Waals surface area (Å²) in [5.74, 6) is -9.16. The van der Waals surface area contributed by atoms with Gasteiger partial charge >= 0.3 is 6.18 Å². The SMILES string of the molecule is CC[C@H](C)[C@@H]1NC(=O)[C@H](CC(C)C)N(C)C(=O)C[C@@H](C(=O)N2CCCCC2)N(C)C(=O)[C@H](C2CCCCC2)N(C)C(=O)C2(CCCC2)NC(=O)[C@H](C)NC(=O)[C@H](CCc2ccc(C(F)(F)F)c(Cl)c2)NC(=O)CN(C)C(=O)[C@H](CC2CCCCC2)N(C)C(=O)CN(C)C(=O)CN(C)C1=O. The standard InChI is InChI=1S/C71H110ClF3N12O12/c1-13-45(4)60-67(97)82(8)42-58(90)80(6)43-59(91)84(10)54(39-47-25-17-14-18-26-47)65(95)81(7)41-56(88)77-52(32-30-48-29-31-50(51(72)38-48)71(73,74)75)63(93)76-46(5)62(92)79-70(33-21-22-34-70)69(99)86(12)61(49-27-19-15-20-28-49)68(98)85(11)55(66(96)87-35-23-16-24-36-87)40-57(89)83(9)53(37-44(2)3)64(94)78-60/h29,31,38,44-47,49,52-55,60-61H,13-28,30,32-37,39-43H2,1-12H3,(H,76,93)(H,77,88)(H,78,94)(H,79,92)/t45-,46-,52-,53-,54-,55-,60-,61-/m0/s1. The van der Waals surface area contributed by atoms with E-state index in [4.69, 9.17) is 11.6 Å². The average Bonchev–Trinajstić information content (AvgIpc) is 1.77. The van der Waals surface area contributed by atoms with Crippen molar-refractivity contribution < 1.29 is 70.7 Å². The minimum atomic E-state index is -4.76. The Bertz CT molecular complexity index is 3040. The van der Waals surface area contributed by atoms with E-state index < -0.39 is 173 Å². The quantitative estimate of drug-likeness (QED) is 0.201. The molecule has 12 amide bonds. The van der Waals surface area contributed by atoms with E-state index in [9.17, 15) is 51.5 Å². The van der Waals surface area contributed by atoms with E-state index >= 15 is 19.2 Å². The lowest BCUT2D eigenvalue weighted by molar-refractivity contribution is -0.157. The zero-order valence-corrected chi connectivity index (χ0v) is 61.1. The maximum Gasteiger partial charge on any atom is 0.417 e. The highest BCUT2D eigenvalue weighted by Crippen LogP contribution is 2.38. The molecule has 4 N–H and O–H groups in total. The summed E-state index contributed by atoms with van der Waals surface area (Å²) in [7, 11) is 9.93. The number of halogens is 4. The van der Waals surface area contributed by atoms with Gasteiger partial charge in [-0.25, -0.2) is 0 Å². The molecule has 2 heterocycles. The molecule has 3 aliphatic carbocycles. The number of likely N-dealkylation sites (N-methyl/N-ethyl adjacent to an activating group) is 7. The Morgan fingerprint density at radius 3 is 1.79 bits per heavy atom. The van der Waals surface area contributed by atoms with Gasteiger partial charge in [0.05, 0.1) is 36.6 Å². The van der Waals surface area contributed by atoms with E-state index in [1.54, 1.807) is 11.8 Å². The van der Waals surface area contributed by atoms with Crippen molar-refractivity contribution in [3.05, 3.63) is 34.3 Å². The molecule has 5 aliphatic rings. The van der Waals surface area contributed by atoms with E-state index in [1.807, 2.05) is 20.8 Å². The van der Waals surface area contributed by atoms with Crippen molar-refractivity contribution >= 4 is 82.5 Å². The fraction of sp³-hybridized carbons (Fsp3) is 0.746. The van der Waals surface area contributed by atoms with Gasteiger partial charge in [0.1, 0.15) is 47.8 Å². The van der Waals surface area contributed by atoms with Crippen LogP contribution >= 0.6 is 11.6 Å². The van der Waals surface area contributed by atoms with Crippen molar-refractivity contribution in [3.8, 4) is 0 Å². The Morgan fingerprint density at radius 1 is 0.626 bits per heavy atom. The van der Waals surface area contributed by atoms with Crippen molar-refractivity contribution in [3.63, 3.8) is 0 Å². The first-order valence-corrected chi connectivity index (χ1v) is 36.1. The summed E-state index contributed by atoms with van der Waals surface area (Å²) in [5.41, 5.74) is -2.40. The second kappa shape index (κ2) is 36.5. The fourth-order valence-electron chi connectivity index (χ4n) is 14.8. The second-order valence-corrected chi connectivity index (χ2v) is 29.6. The fourth-order valence-corrected chi connectivity index (χ4v) is 15.1. The van der Waals surface area contributed by atoms with E-state index in [0.717, 1.165) is 84.6 Å². The van der Waals surface area contributed by atoms with Crippen LogP contribution in [0.3, 0.4) is 0 Å². The molecule has 0 bridgehead atoms. The van der Waals surface area contributed by atoms with Gasteiger partial charge in [-0.2, -0.15) is 13.2 Å². The molecule has 0 unspecified atom stereocenters. The number of rotatable bonds is 11. The van der Waals surface area contributed by atoms with Crippen LogP contribution in [0.15, 0.2) is 18.2 Å². The Labute approximate surface area is 587 Å². The van der Waals surface area contributed by atoms with Crippen LogP contribution in [-0.4, -0.2) is 240 Å². The number of hydrogen-bond acceptors (Lipinski definition) is 12. The largest absolute Gasteiger partial charge is 0.417 e. The van der Waals surface area contributed by atoms with Gasteiger partial charge in [0.2, 0.25) is 70.9 Å². The van der Waals surface area contributed by atoms with E-state index in [1.165, 1.54) is 81.9 Å². The zero-order chi connectivity index (χ0) is 73.4. The summed E-state index contributed by atoms with van der Waals surface area (Å²) in [6.45, 7) is 7.74. The lowest BCUT2D eigenvalue weighted by atomic mass is 9.81. The summed E-state index contributed by atoms with van der Waals surface area (Å²) in [6.07, 6.45) is 6.37. The molecule has 2 aliphatic heterocycles. The number of nitrogens with one attached hydrogen (secondary N) is 4. The van der Waals surface area contributed by atoms with Crippen molar-refractivity contribution in [1.82, 2.24) is 60.5 Å². The highest BCUT2D eigenvalue weighted by Gasteiger charge is 2.50.